The summed E-state index contributed by atoms with van der Waals surface area (Å²) in [5.74, 6) is 0.642. The van der Waals surface area contributed by atoms with Crippen molar-refractivity contribution in [1.29, 1.82) is 0 Å². The fourth-order valence-electron chi connectivity index (χ4n) is 2.87. The SMILES string of the molecule is Cn1c(-c2cccnc2)nn(CCNC(=O)c2cc(-c3ccccc3)on2)c1=O. The molecule has 1 aromatic carbocycles. The number of carbonyl (C=O) groups excluding carboxylic acids is 1. The van der Waals surface area contributed by atoms with Gasteiger partial charge in [-0.15, -0.1) is 5.10 Å². The molecule has 9 nitrogen and oxygen atoms in total. The van der Waals surface area contributed by atoms with Crippen molar-refractivity contribution in [3.05, 3.63) is 77.1 Å². The quantitative estimate of drug-likeness (QED) is 0.537. The minimum Gasteiger partial charge on any atom is -0.355 e. The third kappa shape index (κ3) is 3.84. The molecular formula is C20H18N6O3. The Balaban J connectivity index is 1.40. The zero-order valence-electron chi connectivity index (χ0n) is 15.6. The van der Waals surface area contributed by atoms with Gasteiger partial charge in [0.2, 0.25) is 0 Å². The molecule has 29 heavy (non-hydrogen) atoms. The standard InChI is InChI=1S/C20H18N6O3/c1-25-18(15-8-5-9-21-13-15)23-26(20(25)28)11-10-22-19(27)16-12-17(29-24-16)14-6-3-2-4-7-14/h2-9,12-13H,10-11H2,1H3,(H,22,27). The minimum atomic E-state index is -0.382. The first-order valence-electron chi connectivity index (χ1n) is 8.98. The predicted octanol–water partition coefficient (Wildman–Crippen LogP) is 1.73. The molecule has 0 saturated heterocycles. The average Bonchev–Trinajstić information content (AvgIpc) is 3.36. The highest BCUT2D eigenvalue weighted by molar-refractivity contribution is 5.93. The maximum atomic E-state index is 12.4. The van der Waals surface area contributed by atoms with Crippen LogP contribution >= 0.6 is 0 Å². The molecule has 0 atom stereocenters. The van der Waals surface area contributed by atoms with Gasteiger partial charge >= 0.3 is 5.69 Å². The highest BCUT2D eigenvalue weighted by Gasteiger charge is 2.15. The fourth-order valence-corrected chi connectivity index (χ4v) is 2.87. The Hall–Kier alpha value is -4.01. The van der Waals surface area contributed by atoms with Crippen molar-refractivity contribution in [1.82, 2.24) is 29.8 Å². The summed E-state index contributed by atoms with van der Waals surface area (Å²) in [7, 11) is 1.65. The molecule has 0 spiro atoms. The van der Waals surface area contributed by atoms with Gasteiger partial charge < -0.3 is 9.84 Å². The van der Waals surface area contributed by atoms with Gasteiger partial charge in [0.15, 0.2) is 17.3 Å². The summed E-state index contributed by atoms with van der Waals surface area (Å²) >= 11 is 0. The van der Waals surface area contributed by atoms with E-state index < -0.39 is 0 Å². The van der Waals surface area contributed by atoms with Crippen LogP contribution in [0.2, 0.25) is 0 Å². The second kappa shape index (κ2) is 7.93. The van der Waals surface area contributed by atoms with Crippen molar-refractivity contribution in [2.24, 2.45) is 7.05 Å². The van der Waals surface area contributed by atoms with Crippen LogP contribution in [-0.2, 0) is 13.6 Å². The van der Waals surface area contributed by atoms with E-state index in [0.29, 0.717) is 11.6 Å². The van der Waals surface area contributed by atoms with Crippen LogP contribution in [-0.4, -0.2) is 36.9 Å². The topological polar surface area (TPSA) is 108 Å². The summed E-state index contributed by atoms with van der Waals surface area (Å²) < 4.78 is 7.99. The van der Waals surface area contributed by atoms with Crippen LogP contribution in [0.1, 0.15) is 10.5 Å². The van der Waals surface area contributed by atoms with E-state index in [1.54, 1.807) is 31.6 Å². The number of pyridine rings is 1. The Labute approximate surface area is 165 Å². The first-order chi connectivity index (χ1) is 14.1. The maximum absolute atomic E-state index is 12.4. The Morgan fingerprint density at radius 2 is 1.93 bits per heavy atom. The van der Waals surface area contributed by atoms with Gasteiger partial charge in [0.1, 0.15) is 0 Å². The van der Waals surface area contributed by atoms with Gasteiger partial charge in [0.05, 0.1) is 6.54 Å². The second-order valence-electron chi connectivity index (χ2n) is 6.33. The van der Waals surface area contributed by atoms with Gasteiger partial charge in [-0.25, -0.2) is 9.48 Å². The van der Waals surface area contributed by atoms with Gasteiger partial charge in [-0.05, 0) is 12.1 Å². The van der Waals surface area contributed by atoms with E-state index in [9.17, 15) is 9.59 Å². The summed E-state index contributed by atoms with van der Waals surface area (Å²) in [6.07, 6.45) is 3.30. The molecule has 0 aliphatic heterocycles. The van der Waals surface area contributed by atoms with Gasteiger partial charge in [0.25, 0.3) is 5.91 Å². The molecule has 1 amide bonds. The second-order valence-corrected chi connectivity index (χ2v) is 6.33. The van der Waals surface area contributed by atoms with Crippen molar-refractivity contribution in [2.45, 2.75) is 6.54 Å². The number of nitrogens with one attached hydrogen (secondary N) is 1. The van der Waals surface area contributed by atoms with E-state index in [-0.39, 0.29) is 30.4 Å². The third-order valence-electron chi connectivity index (χ3n) is 4.37. The summed E-state index contributed by atoms with van der Waals surface area (Å²) in [6.45, 7) is 0.442. The summed E-state index contributed by atoms with van der Waals surface area (Å²) in [5.41, 5.74) is 1.48. The van der Waals surface area contributed by atoms with Crippen LogP contribution in [0, 0.1) is 0 Å². The molecule has 4 aromatic rings. The van der Waals surface area contributed by atoms with E-state index in [0.717, 1.165) is 11.1 Å². The number of hydrogen-bond donors (Lipinski definition) is 1. The number of benzene rings is 1. The van der Waals surface area contributed by atoms with Crippen LogP contribution in [0.4, 0.5) is 0 Å². The molecule has 0 fully saturated rings. The van der Waals surface area contributed by atoms with Crippen LogP contribution in [0.5, 0.6) is 0 Å². The average molecular weight is 390 g/mol. The highest BCUT2D eigenvalue weighted by Crippen LogP contribution is 2.19. The fraction of sp³-hybridized carbons (Fsp3) is 0.150. The smallest absolute Gasteiger partial charge is 0.345 e. The molecule has 3 heterocycles. The zero-order chi connectivity index (χ0) is 20.2. The largest absolute Gasteiger partial charge is 0.355 e. The lowest BCUT2D eigenvalue weighted by Crippen LogP contribution is -2.31. The molecular weight excluding hydrogens is 372 g/mol. The van der Waals surface area contributed by atoms with Gasteiger partial charge in [-0.2, -0.15) is 0 Å². The minimum absolute atomic E-state index is 0.174. The molecule has 4 rings (SSSR count). The molecule has 0 aliphatic rings. The zero-order valence-corrected chi connectivity index (χ0v) is 15.6. The van der Waals surface area contributed by atoms with Gasteiger partial charge in [-0.3, -0.25) is 14.3 Å². The Morgan fingerprint density at radius 3 is 2.69 bits per heavy atom. The summed E-state index contributed by atoms with van der Waals surface area (Å²) in [5, 5.41) is 10.9. The Kier molecular flexibility index (Phi) is 5.02. The van der Waals surface area contributed by atoms with E-state index in [2.05, 4.69) is 20.6 Å². The van der Waals surface area contributed by atoms with Crippen LogP contribution in [0.25, 0.3) is 22.7 Å². The molecule has 9 heteroatoms. The number of rotatable bonds is 6. The van der Waals surface area contributed by atoms with E-state index in [1.807, 2.05) is 36.4 Å². The number of amides is 1. The van der Waals surface area contributed by atoms with Crippen molar-refractivity contribution in [3.63, 3.8) is 0 Å². The lowest BCUT2D eigenvalue weighted by molar-refractivity contribution is 0.0943. The Bertz CT molecular complexity index is 1180. The normalized spacial score (nSPS) is 10.8. The lowest BCUT2D eigenvalue weighted by Gasteiger charge is -2.02. The number of carbonyl (C=O) groups is 1. The van der Waals surface area contributed by atoms with Crippen LogP contribution in [0.15, 0.2) is 70.2 Å². The molecule has 0 saturated carbocycles. The van der Waals surface area contributed by atoms with E-state index >= 15 is 0 Å². The molecule has 0 aliphatic carbocycles. The van der Waals surface area contributed by atoms with Gasteiger partial charge in [0, 0.05) is 43.2 Å². The maximum Gasteiger partial charge on any atom is 0.345 e. The Morgan fingerprint density at radius 1 is 1.14 bits per heavy atom. The van der Waals surface area contributed by atoms with Crippen molar-refractivity contribution in [3.8, 4) is 22.7 Å². The lowest BCUT2D eigenvalue weighted by atomic mass is 10.1. The number of aromatic nitrogens is 5. The van der Waals surface area contributed by atoms with E-state index in [1.165, 1.54) is 9.25 Å². The molecule has 0 bridgehead atoms. The van der Waals surface area contributed by atoms with Crippen LogP contribution < -0.4 is 11.0 Å². The molecule has 146 valence electrons. The van der Waals surface area contributed by atoms with Crippen molar-refractivity contribution >= 4 is 5.91 Å². The third-order valence-corrected chi connectivity index (χ3v) is 4.37. The number of hydrogen-bond acceptors (Lipinski definition) is 6. The molecule has 1 N–H and O–H groups in total. The van der Waals surface area contributed by atoms with Crippen LogP contribution in [0.3, 0.4) is 0 Å². The predicted molar refractivity (Wildman–Crippen MR) is 105 cm³/mol. The highest BCUT2D eigenvalue weighted by atomic mass is 16.5. The van der Waals surface area contributed by atoms with E-state index in [4.69, 9.17) is 4.52 Å². The monoisotopic (exact) mass is 390 g/mol. The first-order valence-corrected chi connectivity index (χ1v) is 8.98. The molecule has 0 radical (unpaired) electrons. The summed E-state index contributed by atoms with van der Waals surface area (Å²) in [4.78, 5) is 28.7. The van der Waals surface area contributed by atoms with Crippen molar-refractivity contribution in [2.75, 3.05) is 6.54 Å². The number of nitrogens with zero attached hydrogens (tertiary/aromatic N) is 5. The molecule has 0 unspecified atom stereocenters. The molecule has 3 aromatic heterocycles. The van der Waals surface area contributed by atoms with Gasteiger partial charge in [-0.1, -0.05) is 35.5 Å². The summed E-state index contributed by atoms with van der Waals surface area (Å²) in [6, 6.07) is 14.6. The van der Waals surface area contributed by atoms with Crippen molar-refractivity contribution < 1.29 is 9.32 Å². The first kappa shape index (κ1) is 18.4.